The van der Waals surface area contributed by atoms with Crippen LogP contribution in [0.25, 0.3) is 5.76 Å². The van der Waals surface area contributed by atoms with Crippen LogP contribution in [0, 0.1) is 12.8 Å². The van der Waals surface area contributed by atoms with Gasteiger partial charge in [-0.2, -0.15) is 0 Å². The highest BCUT2D eigenvalue weighted by Crippen LogP contribution is 2.40. The number of nitrogens with zero attached hydrogens (tertiary/aromatic N) is 2. The molecule has 4 rings (SSSR count). The van der Waals surface area contributed by atoms with Crippen molar-refractivity contribution in [2.75, 3.05) is 6.61 Å². The molecule has 3 heterocycles. The number of carbonyl (C=O) groups is 2. The summed E-state index contributed by atoms with van der Waals surface area (Å²) in [4.78, 5) is 34.7. The van der Waals surface area contributed by atoms with E-state index in [1.54, 1.807) is 62.0 Å². The zero-order chi connectivity index (χ0) is 24.2. The summed E-state index contributed by atoms with van der Waals surface area (Å²) in [5.41, 5.74) is 2.49. The van der Waals surface area contributed by atoms with E-state index in [9.17, 15) is 14.7 Å². The van der Waals surface area contributed by atoms with Crippen LogP contribution in [0.1, 0.15) is 42.1 Å². The number of hydrogen-bond donors (Lipinski definition) is 0. The molecule has 1 amide bonds. The fourth-order valence-electron chi connectivity index (χ4n) is 4.04. The molecule has 1 saturated heterocycles. The Kier molecular flexibility index (Phi) is 6.72. The molecule has 34 heavy (non-hydrogen) atoms. The molecular formula is C27H27N3O4. The van der Waals surface area contributed by atoms with E-state index in [1.165, 1.54) is 4.90 Å². The van der Waals surface area contributed by atoms with E-state index < -0.39 is 23.5 Å². The first kappa shape index (κ1) is 23.2. The summed E-state index contributed by atoms with van der Waals surface area (Å²) >= 11 is 0. The van der Waals surface area contributed by atoms with Gasteiger partial charge in [-0.1, -0.05) is 25.7 Å². The number of rotatable bonds is 7. The molecule has 1 aliphatic heterocycles. The number of pyridine rings is 2. The molecule has 1 atom stereocenters. The molecule has 0 radical (unpaired) electrons. The molecular weight excluding hydrogens is 430 g/mol. The Bertz CT molecular complexity index is 1220. The van der Waals surface area contributed by atoms with Gasteiger partial charge in [0.05, 0.1) is 19.2 Å². The Morgan fingerprint density at radius 1 is 1.18 bits per heavy atom. The highest BCUT2D eigenvalue weighted by molar-refractivity contribution is 6.46. The number of hydrogen-bond acceptors (Lipinski definition) is 5. The van der Waals surface area contributed by atoms with Crippen LogP contribution in [0.2, 0.25) is 0 Å². The van der Waals surface area contributed by atoms with E-state index in [4.69, 9.17) is 4.74 Å². The number of nitrogens with one attached hydrogen (secondary N) is 1. The average molecular weight is 458 g/mol. The van der Waals surface area contributed by atoms with Crippen molar-refractivity contribution < 1.29 is 24.4 Å². The molecule has 1 aromatic carbocycles. The second-order valence-electron chi connectivity index (χ2n) is 8.78. The van der Waals surface area contributed by atoms with Crippen LogP contribution in [-0.2, 0) is 16.1 Å². The van der Waals surface area contributed by atoms with Crippen molar-refractivity contribution >= 4 is 17.4 Å². The molecule has 7 nitrogen and oxygen atoms in total. The monoisotopic (exact) mass is 457 g/mol. The van der Waals surface area contributed by atoms with Gasteiger partial charge in [-0.15, -0.1) is 0 Å². The maximum absolute atomic E-state index is 13.7. The third-order valence-corrected chi connectivity index (χ3v) is 5.70. The molecule has 2 aromatic heterocycles. The van der Waals surface area contributed by atoms with Crippen molar-refractivity contribution in [3.05, 3.63) is 95.1 Å². The Labute approximate surface area is 198 Å². The number of aromatic amines is 1. The summed E-state index contributed by atoms with van der Waals surface area (Å²) < 4.78 is 5.76. The van der Waals surface area contributed by atoms with Gasteiger partial charge in [0.15, 0.2) is 12.4 Å². The Morgan fingerprint density at radius 3 is 2.59 bits per heavy atom. The molecule has 1 fully saturated rings. The number of Topliss-reactive ketones (excluding diaryl/α,β-unsaturated/α-hetero) is 1. The van der Waals surface area contributed by atoms with Gasteiger partial charge < -0.3 is 14.7 Å². The minimum Gasteiger partial charge on any atom is -0.872 e. The maximum Gasteiger partial charge on any atom is 0.295 e. The number of aromatic nitrogens is 2. The standard InChI is InChI=1S/C27H27N3O4/c1-17(2)16-34-21-6-7-22(18(3)13-21)25(31)23-24(20-8-11-28-12-9-20)30(27(33)26(23)32)15-19-5-4-10-29-14-19/h4-14,17,24,31H,15-16H2,1-3H3. The number of benzene rings is 1. The molecule has 1 aliphatic rings. The van der Waals surface area contributed by atoms with Crippen LogP contribution in [0.4, 0.5) is 0 Å². The Morgan fingerprint density at radius 2 is 1.94 bits per heavy atom. The van der Waals surface area contributed by atoms with E-state index in [0.717, 1.165) is 5.56 Å². The van der Waals surface area contributed by atoms with Gasteiger partial charge in [0.2, 0.25) is 5.78 Å². The van der Waals surface area contributed by atoms with Gasteiger partial charge in [0.1, 0.15) is 5.75 Å². The van der Waals surface area contributed by atoms with E-state index in [1.807, 2.05) is 12.1 Å². The quantitative estimate of drug-likeness (QED) is 0.309. The van der Waals surface area contributed by atoms with Crippen LogP contribution < -0.4 is 14.8 Å². The Balaban J connectivity index is 1.78. The van der Waals surface area contributed by atoms with Crippen molar-refractivity contribution in [3.63, 3.8) is 0 Å². The first-order valence-electron chi connectivity index (χ1n) is 11.2. The number of ketones is 1. The lowest BCUT2D eigenvalue weighted by Gasteiger charge is -2.27. The molecule has 1 N–H and O–H groups in total. The summed E-state index contributed by atoms with van der Waals surface area (Å²) in [6, 6.07) is 11.5. The molecule has 0 saturated carbocycles. The maximum atomic E-state index is 13.7. The minimum atomic E-state index is -0.799. The van der Waals surface area contributed by atoms with E-state index in [0.29, 0.717) is 35.0 Å². The van der Waals surface area contributed by atoms with Gasteiger partial charge in [-0.05, 0) is 59.9 Å². The SMILES string of the molecule is Cc1cc(OCC(C)C)ccc1C([O-])=C1C(=O)C(=O)N(Cc2ccc[nH+]c2)C1c1ccncc1. The van der Waals surface area contributed by atoms with Gasteiger partial charge in [-0.25, -0.2) is 4.98 Å². The fraction of sp³-hybridized carbons (Fsp3) is 0.259. The van der Waals surface area contributed by atoms with Gasteiger partial charge >= 0.3 is 0 Å². The van der Waals surface area contributed by atoms with E-state index in [2.05, 4.69) is 23.8 Å². The summed E-state index contributed by atoms with van der Waals surface area (Å²) in [6.07, 6.45) is 6.71. The van der Waals surface area contributed by atoms with Crippen LogP contribution in [0.5, 0.6) is 5.75 Å². The highest BCUT2D eigenvalue weighted by Gasteiger charge is 2.44. The zero-order valence-electron chi connectivity index (χ0n) is 19.4. The number of carbonyl (C=O) groups excluding carboxylic acids is 2. The lowest BCUT2D eigenvalue weighted by atomic mass is 9.94. The number of aryl methyl sites for hydroxylation is 1. The van der Waals surface area contributed by atoms with Gasteiger partial charge in [0, 0.05) is 29.6 Å². The van der Waals surface area contributed by atoms with Crippen LogP contribution in [0.3, 0.4) is 0 Å². The summed E-state index contributed by atoms with van der Waals surface area (Å²) in [5.74, 6) is -0.882. The number of amides is 1. The van der Waals surface area contributed by atoms with Crippen molar-refractivity contribution in [2.24, 2.45) is 5.92 Å². The summed E-state index contributed by atoms with van der Waals surface area (Å²) in [6.45, 7) is 6.67. The highest BCUT2D eigenvalue weighted by atomic mass is 16.5. The predicted octanol–water partition coefficient (Wildman–Crippen LogP) is 2.66. The largest absolute Gasteiger partial charge is 0.872 e. The third kappa shape index (κ3) is 4.69. The van der Waals surface area contributed by atoms with E-state index in [-0.39, 0.29) is 12.1 Å². The van der Waals surface area contributed by atoms with Crippen LogP contribution >= 0.6 is 0 Å². The van der Waals surface area contributed by atoms with Gasteiger partial charge in [-0.3, -0.25) is 14.6 Å². The van der Waals surface area contributed by atoms with E-state index >= 15 is 0 Å². The number of H-pyrrole nitrogens is 1. The predicted molar refractivity (Wildman–Crippen MR) is 124 cm³/mol. The summed E-state index contributed by atoms with van der Waals surface area (Å²) in [7, 11) is 0. The lowest BCUT2D eigenvalue weighted by Crippen LogP contribution is -2.29. The average Bonchev–Trinajstić information content (AvgIpc) is 3.08. The molecule has 1 unspecified atom stereocenters. The van der Waals surface area contributed by atoms with Crippen molar-refractivity contribution in [3.8, 4) is 5.75 Å². The first-order chi connectivity index (χ1) is 16.4. The third-order valence-electron chi connectivity index (χ3n) is 5.70. The molecule has 7 heteroatoms. The van der Waals surface area contributed by atoms with Crippen LogP contribution in [0.15, 0.2) is 72.8 Å². The van der Waals surface area contributed by atoms with Crippen molar-refractivity contribution in [1.82, 2.24) is 9.88 Å². The summed E-state index contributed by atoms with van der Waals surface area (Å²) in [5, 5.41) is 13.7. The van der Waals surface area contributed by atoms with Crippen LogP contribution in [-0.4, -0.2) is 28.2 Å². The second kappa shape index (κ2) is 9.87. The van der Waals surface area contributed by atoms with Crippen molar-refractivity contribution in [2.45, 2.75) is 33.4 Å². The molecule has 0 aliphatic carbocycles. The fourth-order valence-corrected chi connectivity index (χ4v) is 4.04. The second-order valence-corrected chi connectivity index (χ2v) is 8.78. The van der Waals surface area contributed by atoms with Gasteiger partial charge in [0.25, 0.3) is 5.91 Å². The molecule has 3 aromatic rings. The Hall–Kier alpha value is -4.00. The number of ether oxygens (including phenoxy) is 1. The number of likely N-dealkylation sites (tertiary alicyclic amines) is 1. The first-order valence-corrected chi connectivity index (χ1v) is 11.2. The lowest BCUT2D eigenvalue weighted by molar-refractivity contribution is -0.378. The molecule has 174 valence electrons. The topological polar surface area (TPSA) is 96.7 Å². The smallest absolute Gasteiger partial charge is 0.295 e. The van der Waals surface area contributed by atoms with Crippen molar-refractivity contribution in [1.29, 1.82) is 0 Å². The zero-order valence-corrected chi connectivity index (χ0v) is 19.4. The molecule has 0 spiro atoms. The molecule has 0 bridgehead atoms. The normalized spacial score (nSPS) is 17.4. The minimum absolute atomic E-state index is 0.0462.